The summed E-state index contributed by atoms with van der Waals surface area (Å²) in [6, 6.07) is 12.9. The number of ether oxygens (including phenoxy) is 2. The van der Waals surface area contributed by atoms with Gasteiger partial charge in [-0.15, -0.1) is 11.8 Å². The summed E-state index contributed by atoms with van der Waals surface area (Å²) < 4.78 is 13.8. The van der Waals surface area contributed by atoms with Gasteiger partial charge >= 0.3 is 5.97 Å². The molecule has 0 fully saturated rings. The molecule has 0 saturated heterocycles. The van der Waals surface area contributed by atoms with Gasteiger partial charge in [0, 0.05) is 4.90 Å². The molecule has 0 N–H and O–H groups in total. The van der Waals surface area contributed by atoms with Gasteiger partial charge in [0.1, 0.15) is 5.75 Å². The van der Waals surface area contributed by atoms with Crippen LogP contribution in [0.15, 0.2) is 72.9 Å². The molecule has 0 bridgehead atoms. The van der Waals surface area contributed by atoms with Crippen molar-refractivity contribution >= 4 is 51.1 Å². The number of halogens is 1. The van der Waals surface area contributed by atoms with E-state index < -0.39 is 12.0 Å². The highest BCUT2D eigenvalue weighted by atomic mass is 79.9. The van der Waals surface area contributed by atoms with Gasteiger partial charge in [0.15, 0.2) is 4.80 Å². The third-order valence-electron chi connectivity index (χ3n) is 5.49. The minimum Gasteiger partial charge on any atom is -0.496 e. The minimum absolute atomic E-state index is 0.206. The summed E-state index contributed by atoms with van der Waals surface area (Å²) in [6.45, 7) is 5.40. The number of thiazole rings is 1. The lowest BCUT2D eigenvalue weighted by atomic mass is 9.96. The van der Waals surface area contributed by atoms with Crippen LogP contribution < -0.4 is 19.6 Å². The molecule has 1 aliphatic heterocycles. The number of thioether (sulfide) groups is 1. The summed E-state index contributed by atoms with van der Waals surface area (Å²) in [5, 5.41) is 0. The van der Waals surface area contributed by atoms with Crippen LogP contribution in [0.5, 0.6) is 5.75 Å². The van der Waals surface area contributed by atoms with Crippen LogP contribution in [0.3, 0.4) is 0 Å². The van der Waals surface area contributed by atoms with Crippen molar-refractivity contribution in [2.24, 2.45) is 4.99 Å². The highest BCUT2D eigenvalue weighted by Gasteiger charge is 2.33. The zero-order valence-electron chi connectivity index (χ0n) is 20.0. The van der Waals surface area contributed by atoms with E-state index in [1.807, 2.05) is 54.8 Å². The number of hydrogen-bond donors (Lipinski definition) is 0. The SMILES string of the molecule is COc1ccc(/C=c2\sc3n(c2=O)[C@H](c2ccc(SC)cc2)C(C(=O)OC(C)C)=C(C)N=3)cc1Br. The molecule has 0 spiro atoms. The van der Waals surface area contributed by atoms with Gasteiger partial charge in [-0.1, -0.05) is 29.5 Å². The molecular weight excluding hydrogens is 548 g/mol. The van der Waals surface area contributed by atoms with Crippen molar-refractivity contribution in [3.05, 3.63) is 89.0 Å². The monoisotopic (exact) mass is 572 g/mol. The molecule has 0 radical (unpaired) electrons. The number of methoxy groups -OCH3 is 1. The Bertz CT molecular complexity index is 1490. The van der Waals surface area contributed by atoms with E-state index in [1.165, 1.54) is 11.3 Å². The van der Waals surface area contributed by atoms with E-state index in [0.29, 0.717) is 26.4 Å². The third-order valence-corrected chi connectivity index (χ3v) is 7.84. The number of allylic oxidation sites excluding steroid dienone is 1. The van der Waals surface area contributed by atoms with E-state index in [4.69, 9.17) is 9.47 Å². The maximum atomic E-state index is 13.7. The van der Waals surface area contributed by atoms with Crippen molar-refractivity contribution in [3.63, 3.8) is 0 Å². The first-order valence-electron chi connectivity index (χ1n) is 10.9. The topological polar surface area (TPSA) is 69.9 Å². The predicted octanol–water partition coefficient (Wildman–Crippen LogP) is 4.68. The maximum Gasteiger partial charge on any atom is 0.338 e. The van der Waals surface area contributed by atoms with Gasteiger partial charge < -0.3 is 9.47 Å². The Morgan fingerprint density at radius 2 is 1.94 bits per heavy atom. The quantitative estimate of drug-likeness (QED) is 0.317. The summed E-state index contributed by atoms with van der Waals surface area (Å²) in [5.41, 5.74) is 2.39. The predicted molar refractivity (Wildman–Crippen MR) is 144 cm³/mol. The number of rotatable bonds is 6. The first-order chi connectivity index (χ1) is 16.7. The summed E-state index contributed by atoms with van der Waals surface area (Å²) in [5.74, 6) is 0.245. The Morgan fingerprint density at radius 3 is 2.54 bits per heavy atom. The van der Waals surface area contributed by atoms with Gasteiger partial charge in [-0.3, -0.25) is 9.36 Å². The molecule has 182 valence electrons. The van der Waals surface area contributed by atoms with Crippen LogP contribution in [0.1, 0.15) is 37.9 Å². The van der Waals surface area contributed by atoms with Gasteiger partial charge in [-0.25, -0.2) is 9.79 Å². The Morgan fingerprint density at radius 1 is 1.23 bits per heavy atom. The summed E-state index contributed by atoms with van der Waals surface area (Å²) >= 11 is 6.43. The molecule has 1 aromatic heterocycles. The van der Waals surface area contributed by atoms with Crippen LogP contribution in [0.25, 0.3) is 6.08 Å². The molecule has 0 unspecified atom stereocenters. The molecule has 1 aliphatic rings. The highest BCUT2D eigenvalue weighted by Crippen LogP contribution is 2.32. The van der Waals surface area contributed by atoms with E-state index >= 15 is 0 Å². The maximum absolute atomic E-state index is 13.7. The van der Waals surface area contributed by atoms with Crippen molar-refractivity contribution in [1.82, 2.24) is 4.57 Å². The smallest absolute Gasteiger partial charge is 0.338 e. The van der Waals surface area contributed by atoms with Crippen molar-refractivity contribution in [1.29, 1.82) is 0 Å². The largest absolute Gasteiger partial charge is 0.496 e. The van der Waals surface area contributed by atoms with Crippen molar-refractivity contribution in [2.75, 3.05) is 13.4 Å². The fraction of sp³-hybridized carbons (Fsp3) is 0.269. The normalized spacial score (nSPS) is 15.7. The number of esters is 1. The van der Waals surface area contributed by atoms with Gasteiger partial charge in [0.05, 0.1) is 39.5 Å². The van der Waals surface area contributed by atoms with Gasteiger partial charge in [-0.2, -0.15) is 0 Å². The molecule has 0 amide bonds. The van der Waals surface area contributed by atoms with E-state index in [1.54, 1.807) is 44.2 Å². The zero-order valence-corrected chi connectivity index (χ0v) is 23.2. The Hall–Kier alpha value is -2.62. The van der Waals surface area contributed by atoms with Crippen molar-refractivity contribution in [3.8, 4) is 5.75 Å². The summed E-state index contributed by atoms with van der Waals surface area (Å²) in [6.07, 6.45) is 3.54. The Labute approximate surface area is 220 Å². The lowest BCUT2D eigenvalue weighted by Gasteiger charge is -2.25. The molecular formula is C26H25BrN2O4S2. The van der Waals surface area contributed by atoms with E-state index in [-0.39, 0.29) is 11.7 Å². The molecule has 0 aliphatic carbocycles. The van der Waals surface area contributed by atoms with E-state index in [0.717, 1.165) is 20.5 Å². The molecule has 3 aromatic rings. The molecule has 0 saturated carbocycles. The highest BCUT2D eigenvalue weighted by molar-refractivity contribution is 9.10. The molecule has 6 nitrogen and oxygen atoms in total. The zero-order chi connectivity index (χ0) is 25.3. The van der Waals surface area contributed by atoms with Crippen LogP contribution in [0.4, 0.5) is 0 Å². The van der Waals surface area contributed by atoms with Crippen LogP contribution in [-0.4, -0.2) is 30.0 Å². The number of aromatic nitrogens is 1. The summed E-state index contributed by atoms with van der Waals surface area (Å²) in [7, 11) is 1.60. The lowest BCUT2D eigenvalue weighted by Crippen LogP contribution is -2.40. The standard InChI is InChI=1S/C26H25BrN2O4S2/c1-14(2)33-25(31)22-15(3)28-26-29(23(22)17-7-9-18(34-5)10-8-17)24(30)21(35-26)13-16-6-11-20(32-4)19(27)12-16/h6-14,23H,1-5H3/b21-13-/t23-/m1/s1. The second kappa shape index (κ2) is 10.6. The second-order valence-electron chi connectivity index (χ2n) is 8.20. The minimum atomic E-state index is -0.627. The fourth-order valence-corrected chi connectivity index (χ4v) is 5.90. The average Bonchev–Trinajstić information content (AvgIpc) is 3.12. The van der Waals surface area contributed by atoms with E-state index in [9.17, 15) is 9.59 Å². The number of fused-ring (bicyclic) bond motifs is 1. The van der Waals surface area contributed by atoms with Crippen LogP contribution >= 0.6 is 39.0 Å². The average molecular weight is 574 g/mol. The van der Waals surface area contributed by atoms with E-state index in [2.05, 4.69) is 20.9 Å². The molecule has 2 heterocycles. The second-order valence-corrected chi connectivity index (χ2v) is 10.9. The first kappa shape index (κ1) is 25.5. The van der Waals surface area contributed by atoms with Crippen LogP contribution in [-0.2, 0) is 9.53 Å². The number of carbonyl (C=O) groups is 1. The van der Waals surface area contributed by atoms with Gasteiger partial charge in [0.2, 0.25) is 0 Å². The molecule has 1 atom stereocenters. The molecule has 35 heavy (non-hydrogen) atoms. The van der Waals surface area contributed by atoms with Crippen LogP contribution in [0.2, 0.25) is 0 Å². The molecule has 4 rings (SSSR count). The van der Waals surface area contributed by atoms with Crippen molar-refractivity contribution < 1.29 is 14.3 Å². The van der Waals surface area contributed by atoms with Gasteiger partial charge in [0.25, 0.3) is 5.56 Å². The number of hydrogen-bond acceptors (Lipinski definition) is 7. The molecule has 9 heteroatoms. The van der Waals surface area contributed by atoms with Crippen LogP contribution in [0, 0.1) is 0 Å². The Balaban J connectivity index is 1.91. The summed E-state index contributed by atoms with van der Waals surface area (Å²) in [4.78, 5) is 33.1. The fourth-order valence-electron chi connectivity index (χ4n) is 3.89. The Kier molecular flexibility index (Phi) is 7.68. The first-order valence-corrected chi connectivity index (χ1v) is 13.8. The number of nitrogens with zero attached hydrogens (tertiary/aromatic N) is 2. The third kappa shape index (κ3) is 5.17. The lowest BCUT2D eigenvalue weighted by molar-refractivity contribution is -0.143. The van der Waals surface area contributed by atoms with Crippen molar-refractivity contribution in [2.45, 2.75) is 37.8 Å². The van der Waals surface area contributed by atoms with Gasteiger partial charge in [-0.05, 0) is 84.4 Å². The molecule has 2 aromatic carbocycles. The number of benzene rings is 2. The number of carbonyl (C=O) groups excluding carboxylic acids is 1.